The van der Waals surface area contributed by atoms with Crippen LogP contribution >= 0.6 is 0 Å². The number of nitrogens with zero attached hydrogens (tertiary/aromatic N) is 3. The Morgan fingerprint density at radius 1 is 0.973 bits per heavy atom. The standard InChI is InChI=1S/C30H33N5O2/c1-16(2)35-15-18(4)28-24(29(36)33-20(6)27-17(3)10-19(5)32-30(27)37)11-23(13-26(28)35)21-8-9-22-14-31-34(7)25(22)12-21/h8-16,20H,1-7H3,(H,32,37)(H,33,36). The summed E-state index contributed by atoms with van der Waals surface area (Å²) in [6, 6.07) is 12.1. The van der Waals surface area contributed by atoms with Gasteiger partial charge < -0.3 is 14.9 Å². The van der Waals surface area contributed by atoms with Crippen molar-refractivity contribution >= 4 is 27.7 Å². The Labute approximate surface area is 216 Å². The van der Waals surface area contributed by atoms with Crippen LogP contribution in [0, 0.1) is 20.8 Å². The Bertz CT molecular complexity index is 1730. The molecule has 0 saturated heterocycles. The monoisotopic (exact) mass is 495 g/mol. The van der Waals surface area contributed by atoms with Gasteiger partial charge in [-0.25, -0.2) is 0 Å². The fraction of sp³-hybridized carbons (Fsp3) is 0.300. The molecule has 0 bridgehead atoms. The first-order valence-electron chi connectivity index (χ1n) is 12.6. The number of rotatable bonds is 5. The van der Waals surface area contributed by atoms with Crippen molar-refractivity contribution in [3.05, 3.63) is 87.1 Å². The van der Waals surface area contributed by atoms with Crippen LogP contribution in [0.1, 0.15) is 65.6 Å². The molecule has 0 saturated carbocycles. The average molecular weight is 496 g/mol. The number of carbonyl (C=O) groups excluding carboxylic acids is 1. The smallest absolute Gasteiger partial charge is 0.253 e. The maximum Gasteiger partial charge on any atom is 0.253 e. The predicted octanol–water partition coefficient (Wildman–Crippen LogP) is 5.88. The van der Waals surface area contributed by atoms with Crippen LogP contribution in [0.3, 0.4) is 0 Å². The number of H-pyrrole nitrogens is 1. The van der Waals surface area contributed by atoms with Crippen molar-refractivity contribution in [2.24, 2.45) is 7.05 Å². The molecule has 0 fully saturated rings. The maximum atomic E-state index is 13.8. The Morgan fingerprint density at radius 2 is 1.70 bits per heavy atom. The van der Waals surface area contributed by atoms with Gasteiger partial charge in [-0.3, -0.25) is 14.3 Å². The number of aromatic amines is 1. The zero-order valence-electron chi connectivity index (χ0n) is 22.4. The van der Waals surface area contributed by atoms with Gasteiger partial charge in [0.25, 0.3) is 11.5 Å². The summed E-state index contributed by atoms with van der Waals surface area (Å²) >= 11 is 0. The van der Waals surface area contributed by atoms with Gasteiger partial charge in [0.1, 0.15) is 0 Å². The number of hydrogen-bond acceptors (Lipinski definition) is 3. The van der Waals surface area contributed by atoms with Crippen molar-refractivity contribution < 1.29 is 4.79 Å². The third-order valence-electron chi connectivity index (χ3n) is 7.20. The summed E-state index contributed by atoms with van der Waals surface area (Å²) in [7, 11) is 1.93. The highest BCUT2D eigenvalue weighted by Crippen LogP contribution is 2.34. The van der Waals surface area contributed by atoms with Gasteiger partial charge >= 0.3 is 0 Å². The summed E-state index contributed by atoms with van der Waals surface area (Å²) in [5.74, 6) is -0.204. The molecular formula is C30H33N5O2. The van der Waals surface area contributed by atoms with Crippen molar-refractivity contribution in [2.45, 2.75) is 53.6 Å². The average Bonchev–Trinajstić information content (AvgIpc) is 3.37. The number of amides is 1. The van der Waals surface area contributed by atoms with E-state index in [-0.39, 0.29) is 17.5 Å². The fourth-order valence-corrected chi connectivity index (χ4v) is 5.43. The molecule has 7 heteroatoms. The first-order valence-corrected chi connectivity index (χ1v) is 12.6. The van der Waals surface area contributed by atoms with Crippen LogP contribution in [0.2, 0.25) is 0 Å². The molecule has 3 aromatic heterocycles. The van der Waals surface area contributed by atoms with Crippen LogP contribution in [-0.2, 0) is 7.05 Å². The Balaban J connectivity index is 1.65. The highest BCUT2D eigenvalue weighted by molar-refractivity contribution is 6.09. The number of carbonyl (C=O) groups is 1. The minimum Gasteiger partial charge on any atom is -0.345 e. The summed E-state index contributed by atoms with van der Waals surface area (Å²) in [6.07, 6.45) is 3.96. The molecule has 0 radical (unpaired) electrons. The molecule has 2 aromatic carbocycles. The van der Waals surface area contributed by atoms with Crippen LogP contribution in [-0.4, -0.2) is 25.2 Å². The number of aryl methyl sites for hydroxylation is 4. The molecule has 1 amide bonds. The normalized spacial score (nSPS) is 12.5. The number of pyridine rings is 1. The predicted molar refractivity (Wildman–Crippen MR) is 149 cm³/mol. The van der Waals surface area contributed by atoms with E-state index in [9.17, 15) is 9.59 Å². The lowest BCUT2D eigenvalue weighted by molar-refractivity contribution is 0.0941. The number of aromatic nitrogens is 4. The second-order valence-corrected chi connectivity index (χ2v) is 10.3. The van der Waals surface area contributed by atoms with Crippen LogP contribution in [0.15, 0.2) is 53.6 Å². The number of benzene rings is 2. The summed E-state index contributed by atoms with van der Waals surface area (Å²) in [5, 5.41) is 9.47. The molecular weight excluding hydrogens is 462 g/mol. The summed E-state index contributed by atoms with van der Waals surface area (Å²) in [4.78, 5) is 29.4. The first kappa shape index (κ1) is 24.6. The van der Waals surface area contributed by atoms with Gasteiger partial charge in [-0.15, -0.1) is 0 Å². The van der Waals surface area contributed by atoms with Gasteiger partial charge in [-0.2, -0.15) is 5.10 Å². The van der Waals surface area contributed by atoms with Gasteiger partial charge in [0.15, 0.2) is 0 Å². The molecule has 2 N–H and O–H groups in total. The van der Waals surface area contributed by atoms with Crippen molar-refractivity contribution in [2.75, 3.05) is 0 Å². The minimum atomic E-state index is -0.450. The van der Waals surface area contributed by atoms with E-state index in [1.54, 1.807) is 0 Å². The molecule has 5 aromatic rings. The summed E-state index contributed by atoms with van der Waals surface area (Å²) < 4.78 is 4.07. The molecule has 0 aliphatic carbocycles. The fourth-order valence-electron chi connectivity index (χ4n) is 5.43. The molecule has 1 unspecified atom stereocenters. The van der Waals surface area contributed by atoms with E-state index < -0.39 is 6.04 Å². The van der Waals surface area contributed by atoms with E-state index in [2.05, 4.69) is 64.3 Å². The van der Waals surface area contributed by atoms with Crippen LogP contribution in [0.5, 0.6) is 0 Å². The van der Waals surface area contributed by atoms with Crippen molar-refractivity contribution in [1.82, 2.24) is 24.6 Å². The van der Waals surface area contributed by atoms with Crippen molar-refractivity contribution in [3.8, 4) is 11.1 Å². The summed E-state index contributed by atoms with van der Waals surface area (Å²) in [6.45, 7) is 11.9. The van der Waals surface area contributed by atoms with E-state index in [4.69, 9.17) is 0 Å². The zero-order valence-corrected chi connectivity index (χ0v) is 22.4. The topological polar surface area (TPSA) is 84.7 Å². The largest absolute Gasteiger partial charge is 0.345 e. The molecule has 37 heavy (non-hydrogen) atoms. The lowest BCUT2D eigenvalue weighted by atomic mass is 9.97. The highest BCUT2D eigenvalue weighted by atomic mass is 16.2. The molecule has 5 rings (SSSR count). The van der Waals surface area contributed by atoms with E-state index in [0.29, 0.717) is 11.1 Å². The zero-order chi connectivity index (χ0) is 26.6. The molecule has 0 spiro atoms. The van der Waals surface area contributed by atoms with E-state index >= 15 is 0 Å². The third-order valence-corrected chi connectivity index (χ3v) is 7.20. The minimum absolute atomic E-state index is 0.171. The van der Waals surface area contributed by atoms with Gasteiger partial charge in [0.05, 0.1) is 17.8 Å². The molecule has 7 nitrogen and oxygen atoms in total. The molecule has 0 aliphatic rings. The quantitative estimate of drug-likeness (QED) is 0.319. The first-order chi connectivity index (χ1) is 17.5. The Morgan fingerprint density at radius 3 is 2.41 bits per heavy atom. The van der Waals surface area contributed by atoms with E-state index in [0.717, 1.165) is 49.8 Å². The molecule has 190 valence electrons. The van der Waals surface area contributed by atoms with Gasteiger partial charge in [0, 0.05) is 52.4 Å². The lowest BCUT2D eigenvalue weighted by Gasteiger charge is -2.18. The Hall–Kier alpha value is -4.13. The highest BCUT2D eigenvalue weighted by Gasteiger charge is 2.22. The van der Waals surface area contributed by atoms with Gasteiger partial charge in [-0.1, -0.05) is 12.1 Å². The van der Waals surface area contributed by atoms with Gasteiger partial charge in [0.2, 0.25) is 0 Å². The van der Waals surface area contributed by atoms with Crippen LogP contribution in [0.4, 0.5) is 0 Å². The van der Waals surface area contributed by atoms with Gasteiger partial charge in [-0.05, 0) is 88.1 Å². The van der Waals surface area contributed by atoms with Crippen LogP contribution in [0.25, 0.3) is 32.9 Å². The molecule has 3 heterocycles. The van der Waals surface area contributed by atoms with Crippen molar-refractivity contribution in [3.63, 3.8) is 0 Å². The van der Waals surface area contributed by atoms with Crippen LogP contribution < -0.4 is 10.9 Å². The lowest BCUT2D eigenvalue weighted by Crippen LogP contribution is -2.31. The van der Waals surface area contributed by atoms with E-state index in [1.165, 1.54) is 0 Å². The molecule has 0 aliphatic heterocycles. The maximum absolute atomic E-state index is 13.8. The SMILES string of the molecule is Cc1cc(C)c(C(C)NC(=O)c2cc(-c3ccc4cnn(C)c4c3)cc3c2c(C)cn3C(C)C)c(=O)[nH]1. The van der Waals surface area contributed by atoms with E-state index in [1.807, 2.05) is 57.8 Å². The molecule has 1 atom stereocenters. The number of fused-ring (bicyclic) bond motifs is 2. The summed E-state index contributed by atoms with van der Waals surface area (Å²) in [5.41, 5.74) is 7.72. The third kappa shape index (κ3) is 4.24. The number of nitrogens with one attached hydrogen (secondary N) is 2. The number of hydrogen-bond donors (Lipinski definition) is 2. The van der Waals surface area contributed by atoms with Crippen molar-refractivity contribution in [1.29, 1.82) is 0 Å². The second-order valence-electron chi connectivity index (χ2n) is 10.3. The second kappa shape index (κ2) is 9.07. The Kier molecular flexibility index (Phi) is 6.02.